The fourth-order valence-corrected chi connectivity index (χ4v) is 5.55. The molecule has 0 saturated carbocycles. The Morgan fingerprint density at radius 1 is 0.795 bits per heavy atom. The Kier molecular flexibility index (Phi) is 9.56. The van der Waals surface area contributed by atoms with Crippen molar-refractivity contribution in [2.24, 2.45) is 0 Å². The maximum Gasteiger partial charge on any atom is 0.229 e. The van der Waals surface area contributed by atoms with Crippen LogP contribution in [-0.2, 0) is 9.59 Å². The number of nitrogens with zero attached hydrogens (tertiary/aromatic N) is 6. The maximum atomic E-state index is 12.1. The Labute approximate surface area is 259 Å². The summed E-state index contributed by atoms with van der Waals surface area (Å²) in [5.41, 5.74) is 4.50. The highest BCUT2D eigenvalue weighted by Crippen LogP contribution is 2.35. The molecule has 2 N–H and O–H groups in total. The number of hydrogen-bond donors (Lipinski definition) is 2. The van der Waals surface area contributed by atoms with Crippen molar-refractivity contribution in [3.8, 4) is 11.5 Å². The SMILES string of the molecule is CCC(=O)N1CCN(c2ccc(Nc3nc(Nc4ccc(N5CCN(C(C)=O)CC5)cc4OC)ncc3C)c(OC)c2)CC1. The third-order valence-electron chi connectivity index (χ3n) is 8.23. The van der Waals surface area contributed by atoms with Gasteiger partial charge in [0.1, 0.15) is 17.3 Å². The number of carbonyl (C=O) groups excluding carboxylic acids is 2. The van der Waals surface area contributed by atoms with Crippen LogP contribution in [0.1, 0.15) is 25.8 Å². The van der Waals surface area contributed by atoms with E-state index in [0.29, 0.717) is 42.8 Å². The molecule has 12 nitrogen and oxygen atoms in total. The quantitative estimate of drug-likeness (QED) is 0.372. The van der Waals surface area contributed by atoms with Crippen LogP contribution in [0.25, 0.3) is 0 Å². The van der Waals surface area contributed by atoms with E-state index in [1.807, 2.05) is 54.0 Å². The molecule has 0 atom stereocenters. The number of aromatic nitrogens is 2. The number of methoxy groups -OCH3 is 2. The van der Waals surface area contributed by atoms with Crippen LogP contribution in [0, 0.1) is 6.92 Å². The highest BCUT2D eigenvalue weighted by atomic mass is 16.5. The molecule has 2 aliphatic heterocycles. The lowest BCUT2D eigenvalue weighted by Gasteiger charge is -2.36. The van der Waals surface area contributed by atoms with Gasteiger partial charge in [-0.1, -0.05) is 6.92 Å². The Hall–Kier alpha value is -4.74. The van der Waals surface area contributed by atoms with Gasteiger partial charge in [-0.2, -0.15) is 4.98 Å². The lowest BCUT2D eigenvalue weighted by Crippen LogP contribution is -2.48. The molecule has 0 aliphatic carbocycles. The van der Waals surface area contributed by atoms with Gasteiger partial charge in [0.15, 0.2) is 0 Å². The van der Waals surface area contributed by atoms with Gasteiger partial charge < -0.3 is 39.7 Å². The van der Waals surface area contributed by atoms with Crippen LogP contribution >= 0.6 is 0 Å². The molecule has 234 valence electrons. The fraction of sp³-hybridized carbons (Fsp3) is 0.438. The van der Waals surface area contributed by atoms with Gasteiger partial charge in [0, 0.05) is 101 Å². The van der Waals surface area contributed by atoms with Crippen LogP contribution in [0.2, 0.25) is 0 Å². The van der Waals surface area contributed by atoms with Crippen molar-refractivity contribution in [1.29, 1.82) is 0 Å². The molecule has 3 heterocycles. The molecule has 2 saturated heterocycles. The molecule has 0 unspecified atom stereocenters. The molecule has 3 aromatic rings. The van der Waals surface area contributed by atoms with E-state index in [0.717, 1.165) is 67.6 Å². The summed E-state index contributed by atoms with van der Waals surface area (Å²) in [5, 5.41) is 6.72. The molecular formula is C32H42N8O4. The molecule has 5 rings (SSSR count). The van der Waals surface area contributed by atoms with Crippen molar-refractivity contribution in [1.82, 2.24) is 19.8 Å². The lowest BCUT2D eigenvalue weighted by molar-refractivity contribution is -0.131. The number of rotatable bonds is 9. The van der Waals surface area contributed by atoms with E-state index in [9.17, 15) is 9.59 Å². The maximum absolute atomic E-state index is 12.1. The summed E-state index contributed by atoms with van der Waals surface area (Å²) in [6, 6.07) is 12.1. The second kappa shape index (κ2) is 13.7. The summed E-state index contributed by atoms with van der Waals surface area (Å²) in [6.07, 6.45) is 2.31. The average Bonchev–Trinajstić information content (AvgIpc) is 3.06. The van der Waals surface area contributed by atoms with Crippen LogP contribution < -0.4 is 29.9 Å². The van der Waals surface area contributed by atoms with Gasteiger partial charge in [0.25, 0.3) is 0 Å². The first kappa shape index (κ1) is 30.7. The van der Waals surface area contributed by atoms with Gasteiger partial charge in [-0.05, 0) is 31.2 Å². The first-order valence-electron chi connectivity index (χ1n) is 15.1. The van der Waals surface area contributed by atoms with E-state index in [1.165, 1.54) is 0 Å². The highest BCUT2D eigenvalue weighted by Gasteiger charge is 2.22. The molecular weight excluding hydrogens is 560 g/mol. The van der Waals surface area contributed by atoms with E-state index >= 15 is 0 Å². The molecule has 44 heavy (non-hydrogen) atoms. The van der Waals surface area contributed by atoms with Crippen LogP contribution in [0.15, 0.2) is 42.6 Å². The first-order chi connectivity index (χ1) is 21.3. The van der Waals surface area contributed by atoms with Gasteiger partial charge >= 0.3 is 0 Å². The number of carbonyl (C=O) groups is 2. The van der Waals surface area contributed by atoms with Crippen molar-refractivity contribution in [3.05, 3.63) is 48.2 Å². The zero-order valence-electron chi connectivity index (χ0n) is 26.2. The summed E-state index contributed by atoms with van der Waals surface area (Å²) < 4.78 is 11.5. The third-order valence-corrected chi connectivity index (χ3v) is 8.23. The molecule has 2 aromatic carbocycles. The second-order valence-corrected chi connectivity index (χ2v) is 11.0. The van der Waals surface area contributed by atoms with E-state index < -0.39 is 0 Å². The van der Waals surface area contributed by atoms with E-state index in [-0.39, 0.29) is 11.8 Å². The van der Waals surface area contributed by atoms with Gasteiger partial charge in [-0.25, -0.2) is 4.98 Å². The van der Waals surface area contributed by atoms with Crippen LogP contribution in [0.4, 0.5) is 34.5 Å². The zero-order chi connectivity index (χ0) is 31.2. The Morgan fingerprint density at radius 2 is 1.32 bits per heavy atom. The zero-order valence-corrected chi connectivity index (χ0v) is 26.2. The summed E-state index contributed by atoms with van der Waals surface area (Å²) in [7, 11) is 3.29. The minimum absolute atomic E-state index is 0.111. The van der Waals surface area contributed by atoms with E-state index in [1.54, 1.807) is 27.3 Å². The van der Waals surface area contributed by atoms with Crippen LogP contribution in [0.3, 0.4) is 0 Å². The topological polar surface area (TPSA) is 115 Å². The first-order valence-corrected chi connectivity index (χ1v) is 15.1. The van der Waals surface area contributed by atoms with Crippen molar-refractivity contribution in [2.45, 2.75) is 27.2 Å². The molecule has 2 amide bonds. The Balaban J connectivity index is 1.27. The number of amides is 2. The molecule has 2 aliphatic rings. The molecule has 0 bridgehead atoms. The van der Waals surface area contributed by atoms with Crippen LogP contribution in [0.5, 0.6) is 11.5 Å². The summed E-state index contributed by atoms with van der Waals surface area (Å²) in [4.78, 5) is 41.3. The van der Waals surface area contributed by atoms with Crippen molar-refractivity contribution >= 4 is 46.3 Å². The van der Waals surface area contributed by atoms with Crippen molar-refractivity contribution < 1.29 is 19.1 Å². The number of piperazine rings is 2. The Bertz CT molecular complexity index is 1480. The Morgan fingerprint density at radius 3 is 1.82 bits per heavy atom. The van der Waals surface area contributed by atoms with Gasteiger partial charge in [0.2, 0.25) is 17.8 Å². The number of benzene rings is 2. The smallest absolute Gasteiger partial charge is 0.229 e. The number of hydrogen-bond acceptors (Lipinski definition) is 10. The van der Waals surface area contributed by atoms with Gasteiger partial charge in [-0.15, -0.1) is 0 Å². The second-order valence-electron chi connectivity index (χ2n) is 11.0. The molecule has 2 fully saturated rings. The average molecular weight is 603 g/mol. The lowest BCUT2D eigenvalue weighted by atomic mass is 10.2. The molecule has 0 radical (unpaired) electrons. The minimum atomic E-state index is 0.111. The predicted molar refractivity (Wildman–Crippen MR) is 173 cm³/mol. The predicted octanol–water partition coefficient (Wildman–Crippen LogP) is 4.02. The number of nitrogens with one attached hydrogen (secondary N) is 2. The number of aryl methyl sites for hydroxylation is 1. The third kappa shape index (κ3) is 6.90. The molecule has 0 spiro atoms. The monoisotopic (exact) mass is 602 g/mol. The highest BCUT2D eigenvalue weighted by molar-refractivity contribution is 5.77. The van der Waals surface area contributed by atoms with Crippen molar-refractivity contribution in [2.75, 3.05) is 87.0 Å². The number of anilines is 6. The standard InChI is InChI=1S/C32H42N8O4/c1-6-30(42)40-17-15-39(16-18-40)24-7-9-26(28(19-24)43-4)34-31-22(2)21-33-32(36-31)35-27-10-8-25(20-29(27)44-5)38-13-11-37(12-14-38)23(3)41/h7-10,19-21H,6,11-18H2,1-5H3,(H2,33,34,35,36). The van der Waals surface area contributed by atoms with Crippen molar-refractivity contribution in [3.63, 3.8) is 0 Å². The summed E-state index contributed by atoms with van der Waals surface area (Å²) in [6.45, 7) is 11.4. The van der Waals surface area contributed by atoms with E-state index in [2.05, 4.69) is 31.5 Å². The molecule has 1 aromatic heterocycles. The minimum Gasteiger partial charge on any atom is -0.494 e. The van der Waals surface area contributed by atoms with Gasteiger partial charge in [-0.3, -0.25) is 9.59 Å². The van der Waals surface area contributed by atoms with Gasteiger partial charge in [0.05, 0.1) is 25.6 Å². The van der Waals surface area contributed by atoms with E-state index in [4.69, 9.17) is 14.5 Å². The summed E-state index contributed by atoms with van der Waals surface area (Å²) >= 11 is 0. The normalized spacial score (nSPS) is 15.2. The summed E-state index contributed by atoms with van der Waals surface area (Å²) in [5.74, 6) is 2.76. The number of ether oxygens (including phenoxy) is 2. The largest absolute Gasteiger partial charge is 0.494 e. The molecule has 12 heteroatoms. The fourth-order valence-electron chi connectivity index (χ4n) is 5.55. The van der Waals surface area contributed by atoms with Crippen LogP contribution in [-0.4, -0.2) is 98.2 Å².